The molecule has 35 heavy (non-hydrogen) atoms. The smallest absolute Gasteiger partial charge is 0.164 e. The predicted octanol–water partition coefficient (Wildman–Crippen LogP) is 6.90. The van der Waals surface area contributed by atoms with Gasteiger partial charge in [-0.1, -0.05) is 23.9 Å². The zero-order valence-corrected chi connectivity index (χ0v) is 19.5. The van der Waals surface area contributed by atoms with Crippen LogP contribution in [0.1, 0.15) is 18.6 Å². The molecule has 3 aromatic carbocycles. The highest BCUT2D eigenvalue weighted by atomic mass is 32.2. The summed E-state index contributed by atoms with van der Waals surface area (Å²) in [5.41, 5.74) is 2.25. The number of aromatic nitrogens is 3. The van der Waals surface area contributed by atoms with Crippen LogP contribution in [-0.4, -0.2) is 20.1 Å². The summed E-state index contributed by atoms with van der Waals surface area (Å²) < 4.78 is 19.5. The highest BCUT2D eigenvalue weighted by molar-refractivity contribution is 7.99. The average molecular weight is 485 g/mol. The molecule has 0 fully saturated rings. The first kappa shape index (κ1) is 22.6. The fourth-order valence-electron chi connectivity index (χ4n) is 3.54. The molecule has 0 aliphatic carbocycles. The molecule has 6 nitrogen and oxygen atoms in total. The molecule has 5 aromatic rings. The van der Waals surface area contributed by atoms with Gasteiger partial charge in [0, 0.05) is 22.1 Å². The van der Waals surface area contributed by atoms with Crippen LogP contribution in [0.2, 0.25) is 0 Å². The molecular weight excluding hydrogens is 463 g/mol. The van der Waals surface area contributed by atoms with E-state index in [-0.39, 0.29) is 17.7 Å². The first-order valence-electron chi connectivity index (χ1n) is 10.9. The summed E-state index contributed by atoms with van der Waals surface area (Å²) in [7, 11) is 0. The number of ether oxygens (including phenoxy) is 1. The molecule has 1 unspecified atom stereocenters. The molecule has 5 rings (SSSR count). The SMILES string of the molecule is CC(Oc1ccc(Sc2ccc(O)cc2)c(Nc2ncnc3ncccc23)c1)c1ccc(F)cc1. The Hall–Kier alpha value is -4.17. The van der Waals surface area contributed by atoms with Crippen LogP contribution in [0.25, 0.3) is 11.0 Å². The second-order valence-corrected chi connectivity index (χ2v) is 8.90. The number of anilines is 2. The third-order valence-electron chi connectivity index (χ3n) is 5.33. The van der Waals surface area contributed by atoms with Crippen LogP contribution in [-0.2, 0) is 0 Å². The zero-order chi connectivity index (χ0) is 24.2. The molecule has 0 radical (unpaired) electrons. The molecule has 2 heterocycles. The Bertz CT molecular complexity index is 1460. The summed E-state index contributed by atoms with van der Waals surface area (Å²) in [6, 6.07) is 22.8. The van der Waals surface area contributed by atoms with Crippen molar-refractivity contribution >= 4 is 34.3 Å². The molecule has 1 atom stereocenters. The molecular formula is C27H21FN4O2S. The minimum atomic E-state index is -0.283. The largest absolute Gasteiger partial charge is 0.508 e. The van der Waals surface area contributed by atoms with Gasteiger partial charge >= 0.3 is 0 Å². The van der Waals surface area contributed by atoms with Gasteiger partial charge in [0.15, 0.2) is 5.65 Å². The molecule has 0 aliphatic rings. The van der Waals surface area contributed by atoms with E-state index in [0.717, 1.165) is 26.4 Å². The Balaban J connectivity index is 1.49. The van der Waals surface area contributed by atoms with E-state index in [2.05, 4.69) is 20.3 Å². The summed E-state index contributed by atoms with van der Waals surface area (Å²) in [5.74, 6) is 1.20. The second-order valence-electron chi connectivity index (χ2n) is 7.79. The van der Waals surface area contributed by atoms with E-state index in [1.807, 2.05) is 49.4 Å². The van der Waals surface area contributed by atoms with Gasteiger partial charge in [0.25, 0.3) is 0 Å². The third kappa shape index (κ3) is 5.33. The molecule has 0 amide bonds. The number of rotatable bonds is 7. The van der Waals surface area contributed by atoms with Gasteiger partial charge in [-0.2, -0.15) is 0 Å². The number of phenolic OH excluding ortho intramolecular Hbond substituents is 1. The molecule has 0 spiro atoms. The van der Waals surface area contributed by atoms with Gasteiger partial charge < -0.3 is 15.2 Å². The molecule has 2 aromatic heterocycles. The Morgan fingerprint density at radius 1 is 0.943 bits per heavy atom. The number of nitrogens with zero attached hydrogens (tertiary/aromatic N) is 3. The number of aromatic hydroxyl groups is 1. The van der Waals surface area contributed by atoms with Crippen molar-refractivity contribution in [3.63, 3.8) is 0 Å². The predicted molar refractivity (Wildman–Crippen MR) is 135 cm³/mol. The number of phenols is 1. The van der Waals surface area contributed by atoms with Gasteiger partial charge in [0.2, 0.25) is 0 Å². The quantitative estimate of drug-likeness (QED) is 0.260. The summed E-state index contributed by atoms with van der Waals surface area (Å²) in [6.45, 7) is 1.92. The number of hydrogen-bond acceptors (Lipinski definition) is 7. The van der Waals surface area contributed by atoms with Crippen LogP contribution in [0.5, 0.6) is 11.5 Å². The van der Waals surface area contributed by atoms with Gasteiger partial charge in [-0.05, 0) is 73.2 Å². The summed E-state index contributed by atoms with van der Waals surface area (Å²) in [4.78, 5) is 14.9. The maximum atomic E-state index is 13.3. The van der Waals surface area contributed by atoms with Crippen molar-refractivity contribution in [3.8, 4) is 11.5 Å². The molecule has 0 bridgehead atoms. The monoisotopic (exact) mass is 484 g/mol. The molecule has 0 saturated carbocycles. The van der Waals surface area contributed by atoms with Crippen molar-refractivity contribution < 1.29 is 14.2 Å². The van der Waals surface area contributed by atoms with Crippen molar-refractivity contribution in [2.75, 3.05) is 5.32 Å². The maximum Gasteiger partial charge on any atom is 0.164 e. The van der Waals surface area contributed by atoms with E-state index >= 15 is 0 Å². The summed E-state index contributed by atoms with van der Waals surface area (Å²) in [6.07, 6.45) is 2.89. The molecule has 174 valence electrons. The van der Waals surface area contributed by atoms with E-state index < -0.39 is 0 Å². The Labute approximate surface area is 205 Å². The number of fused-ring (bicyclic) bond motifs is 1. The number of halogens is 1. The van der Waals surface area contributed by atoms with E-state index in [1.54, 1.807) is 42.2 Å². The fraction of sp³-hybridized carbons (Fsp3) is 0.0741. The van der Waals surface area contributed by atoms with Crippen LogP contribution in [0, 0.1) is 5.82 Å². The van der Waals surface area contributed by atoms with E-state index in [9.17, 15) is 9.50 Å². The lowest BCUT2D eigenvalue weighted by atomic mass is 10.1. The van der Waals surface area contributed by atoms with Crippen LogP contribution in [0.15, 0.2) is 101 Å². The number of benzene rings is 3. The Morgan fingerprint density at radius 2 is 1.74 bits per heavy atom. The molecule has 2 N–H and O–H groups in total. The summed E-state index contributed by atoms with van der Waals surface area (Å²) >= 11 is 1.54. The van der Waals surface area contributed by atoms with Gasteiger partial charge in [-0.25, -0.2) is 19.3 Å². The van der Waals surface area contributed by atoms with Crippen molar-refractivity contribution in [2.45, 2.75) is 22.8 Å². The van der Waals surface area contributed by atoms with Crippen molar-refractivity contribution in [1.29, 1.82) is 0 Å². The Morgan fingerprint density at radius 3 is 2.54 bits per heavy atom. The minimum Gasteiger partial charge on any atom is -0.508 e. The first-order chi connectivity index (χ1) is 17.0. The van der Waals surface area contributed by atoms with Crippen LogP contribution < -0.4 is 10.1 Å². The van der Waals surface area contributed by atoms with E-state index in [0.29, 0.717) is 17.2 Å². The van der Waals surface area contributed by atoms with Crippen LogP contribution >= 0.6 is 11.8 Å². The molecule has 0 aliphatic heterocycles. The van der Waals surface area contributed by atoms with Gasteiger partial charge in [0.05, 0.1) is 11.1 Å². The van der Waals surface area contributed by atoms with Gasteiger partial charge in [-0.15, -0.1) is 0 Å². The number of pyridine rings is 1. The lowest BCUT2D eigenvalue weighted by Gasteiger charge is -2.18. The van der Waals surface area contributed by atoms with Crippen molar-refractivity contribution in [1.82, 2.24) is 15.0 Å². The molecule has 0 saturated heterocycles. The van der Waals surface area contributed by atoms with E-state index in [1.165, 1.54) is 18.5 Å². The zero-order valence-electron chi connectivity index (χ0n) is 18.7. The normalized spacial score (nSPS) is 11.8. The fourth-order valence-corrected chi connectivity index (χ4v) is 4.42. The first-order valence-corrected chi connectivity index (χ1v) is 11.7. The van der Waals surface area contributed by atoms with E-state index in [4.69, 9.17) is 4.74 Å². The van der Waals surface area contributed by atoms with Gasteiger partial charge in [-0.3, -0.25) is 0 Å². The second kappa shape index (κ2) is 9.99. The van der Waals surface area contributed by atoms with Crippen molar-refractivity contribution in [2.24, 2.45) is 0 Å². The highest BCUT2D eigenvalue weighted by Gasteiger charge is 2.13. The van der Waals surface area contributed by atoms with Crippen molar-refractivity contribution in [3.05, 3.63) is 103 Å². The Kier molecular flexibility index (Phi) is 6.45. The lowest BCUT2D eigenvalue weighted by molar-refractivity contribution is 0.227. The van der Waals surface area contributed by atoms with Crippen LogP contribution in [0.3, 0.4) is 0 Å². The molecule has 8 heteroatoms. The van der Waals surface area contributed by atoms with Crippen LogP contribution in [0.4, 0.5) is 15.9 Å². The standard InChI is InChI=1S/C27H21FN4O2S/c1-17(18-4-6-19(28)7-5-18)34-21-10-13-25(35-22-11-8-20(33)9-12-22)24(15-21)32-27-23-3-2-14-29-26(23)30-16-31-27/h2-17,33H,1H3,(H,29,30,31,32). The lowest BCUT2D eigenvalue weighted by Crippen LogP contribution is -2.04. The summed E-state index contributed by atoms with van der Waals surface area (Å²) in [5, 5.41) is 13.8. The maximum absolute atomic E-state index is 13.3. The topological polar surface area (TPSA) is 80.2 Å². The van der Waals surface area contributed by atoms with Gasteiger partial charge in [0.1, 0.15) is 35.6 Å². The third-order valence-corrected chi connectivity index (χ3v) is 6.41. The highest BCUT2D eigenvalue weighted by Crippen LogP contribution is 2.39. The number of hydrogen-bond donors (Lipinski definition) is 2. The average Bonchev–Trinajstić information content (AvgIpc) is 2.87. The minimum absolute atomic E-state index is 0.214. The number of nitrogens with one attached hydrogen (secondary N) is 1.